The summed E-state index contributed by atoms with van der Waals surface area (Å²) in [6.45, 7) is 1.89. The van der Waals surface area contributed by atoms with Crippen LogP contribution in [0, 0.1) is 11.7 Å². The van der Waals surface area contributed by atoms with Gasteiger partial charge in [0.05, 0.1) is 6.61 Å². The number of halogens is 1. The standard InChI is InChI=1S/C15H22FNO/c1-17-10-13-5-6-15(16)14(9-13)11-18-8-7-12-3-2-4-12/h5-6,9,12,17H,2-4,7-8,10-11H2,1H3. The van der Waals surface area contributed by atoms with Gasteiger partial charge in [0.1, 0.15) is 5.82 Å². The summed E-state index contributed by atoms with van der Waals surface area (Å²) in [6.07, 6.45) is 5.17. The minimum atomic E-state index is -0.168. The molecule has 0 atom stereocenters. The van der Waals surface area contributed by atoms with Crippen molar-refractivity contribution in [3.05, 3.63) is 35.1 Å². The highest BCUT2D eigenvalue weighted by atomic mass is 19.1. The first-order chi connectivity index (χ1) is 8.79. The highest BCUT2D eigenvalue weighted by molar-refractivity contribution is 5.24. The molecule has 1 aliphatic carbocycles. The Bertz CT molecular complexity index is 377. The largest absolute Gasteiger partial charge is 0.377 e. The Morgan fingerprint density at radius 1 is 1.39 bits per heavy atom. The van der Waals surface area contributed by atoms with Crippen molar-refractivity contribution in [1.82, 2.24) is 5.32 Å². The Morgan fingerprint density at radius 2 is 2.22 bits per heavy atom. The zero-order valence-electron chi connectivity index (χ0n) is 11.0. The molecule has 0 aliphatic heterocycles. The van der Waals surface area contributed by atoms with Gasteiger partial charge in [-0.25, -0.2) is 4.39 Å². The number of rotatable bonds is 7. The van der Waals surface area contributed by atoms with Crippen molar-refractivity contribution in [1.29, 1.82) is 0 Å². The van der Waals surface area contributed by atoms with Crippen molar-refractivity contribution >= 4 is 0 Å². The van der Waals surface area contributed by atoms with Crippen LogP contribution in [-0.4, -0.2) is 13.7 Å². The van der Waals surface area contributed by atoms with E-state index in [1.807, 2.05) is 19.2 Å². The number of hydrogen-bond acceptors (Lipinski definition) is 2. The van der Waals surface area contributed by atoms with E-state index < -0.39 is 0 Å². The number of hydrogen-bond donors (Lipinski definition) is 1. The van der Waals surface area contributed by atoms with E-state index in [2.05, 4.69) is 5.32 Å². The fraction of sp³-hybridized carbons (Fsp3) is 0.600. The van der Waals surface area contributed by atoms with E-state index >= 15 is 0 Å². The van der Waals surface area contributed by atoms with Gasteiger partial charge in [-0.15, -0.1) is 0 Å². The molecule has 0 spiro atoms. The van der Waals surface area contributed by atoms with E-state index in [0.29, 0.717) is 12.2 Å². The summed E-state index contributed by atoms with van der Waals surface area (Å²) in [6, 6.07) is 5.22. The summed E-state index contributed by atoms with van der Waals surface area (Å²) in [5.74, 6) is 0.684. The summed E-state index contributed by atoms with van der Waals surface area (Å²) >= 11 is 0. The van der Waals surface area contributed by atoms with Crippen molar-refractivity contribution in [2.45, 2.75) is 38.8 Å². The quantitative estimate of drug-likeness (QED) is 0.751. The second-order valence-electron chi connectivity index (χ2n) is 5.09. The highest BCUT2D eigenvalue weighted by Crippen LogP contribution is 2.29. The summed E-state index contributed by atoms with van der Waals surface area (Å²) < 4.78 is 19.2. The van der Waals surface area contributed by atoms with Crippen molar-refractivity contribution in [3.63, 3.8) is 0 Å². The monoisotopic (exact) mass is 251 g/mol. The van der Waals surface area contributed by atoms with E-state index in [4.69, 9.17) is 4.74 Å². The second-order valence-corrected chi connectivity index (χ2v) is 5.09. The van der Waals surface area contributed by atoms with Crippen molar-refractivity contribution in [2.24, 2.45) is 5.92 Å². The van der Waals surface area contributed by atoms with Gasteiger partial charge >= 0.3 is 0 Å². The molecular formula is C15H22FNO. The van der Waals surface area contributed by atoms with Gasteiger partial charge in [-0.3, -0.25) is 0 Å². The third-order valence-electron chi connectivity index (χ3n) is 3.64. The van der Waals surface area contributed by atoms with Crippen LogP contribution in [0.15, 0.2) is 18.2 Å². The third-order valence-corrected chi connectivity index (χ3v) is 3.64. The van der Waals surface area contributed by atoms with Crippen LogP contribution in [0.4, 0.5) is 4.39 Å². The molecule has 1 aromatic rings. The molecule has 2 nitrogen and oxygen atoms in total. The highest BCUT2D eigenvalue weighted by Gasteiger charge is 2.16. The predicted molar refractivity (Wildman–Crippen MR) is 70.8 cm³/mol. The molecule has 0 amide bonds. The van der Waals surface area contributed by atoms with Crippen LogP contribution in [-0.2, 0) is 17.9 Å². The lowest BCUT2D eigenvalue weighted by Gasteiger charge is -2.24. The normalized spacial score (nSPS) is 15.7. The minimum Gasteiger partial charge on any atom is -0.377 e. The Hall–Kier alpha value is -0.930. The van der Waals surface area contributed by atoms with Crippen LogP contribution in [0.25, 0.3) is 0 Å². The number of nitrogens with one attached hydrogen (secondary N) is 1. The van der Waals surface area contributed by atoms with Gasteiger partial charge in [0.25, 0.3) is 0 Å². The van der Waals surface area contributed by atoms with Gasteiger partial charge in [-0.05, 0) is 37.1 Å². The summed E-state index contributed by atoms with van der Waals surface area (Å²) in [7, 11) is 1.89. The van der Waals surface area contributed by atoms with E-state index in [0.717, 1.165) is 31.1 Å². The molecule has 18 heavy (non-hydrogen) atoms. The second kappa shape index (κ2) is 6.86. The smallest absolute Gasteiger partial charge is 0.128 e. The molecule has 0 saturated heterocycles. The van der Waals surface area contributed by atoms with Gasteiger partial charge in [-0.2, -0.15) is 0 Å². The molecule has 1 aliphatic rings. The van der Waals surface area contributed by atoms with E-state index in [-0.39, 0.29) is 5.82 Å². The van der Waals surface area contributed by atoms with Crippen LogP contribution in [0.1, 0.15) is 36.8 Å². The molecule has 0 heterocycles. The van der Waals surface area contributed by atoms with Gasteiger partial charge in [-0.1, -0.05) is 25.3 Å². The van der Waals surface area contributed by atoms with E-state index in [1.54, 1.807) is 0 Å². The van der Waals surface area contributed by atoms with Crippen molar-refractivity contribution in [2.75, 3.05) is 13.7 Å². The Morgan fingerprint density at radius 3 is 2.89 bits per heavy atom. The van der Waals surface area contributed by atoms with Crippen molar-refractivity contribution < 1.29 is 9.13 Å². The Balaban J connectivity index is 1.77. The fourth-order valence-corrected chi connectivity index (χ4v) is 2.27. The summed E-state index contributed by atoms with van der Waals surface area (Å²) in [5.41, 5.74) is 1.76. The molecule has 1 saturated carbocycles. The molecule has 0 aromatic heterocycles. The Kier molecular flexibility index (Phi) is 5.14. The lowest BCUT2D eigenvalue weighted by Crippen LogP contribution is -2.13. The van der Waals surface area contributed by atoms with Gasteiger partial charge in [0, 0.05) is 18.7 Å². The maximum atomic E-state index is 13.6. The van der Waals surface area contributed by atoms with E-state index in [1.165, 1.54) is 25.3 Å². The molecule has 1 fully saturated rings. The average Bonchev–Trinajstić information content (AvgIpc) is 2.30. The fourth-order valence-electron chi connectivity index (χ4n) is 2.27. The lowest BCUT2D eigenvalue weighted by molar-refractivity contribution is 0.0931. The molecule has 1 N–H and O–H groups in total. The molecule has 0 bridgehead atoms. The average molecular weight is 251 g/mol. The molecular weight excluding hydrogens is 229 g/mol. The zero-order chi connectivity index (χ0) is 12.8. The Labute approximate surface area is 109 Å². The SMILES string of the molecule is CNCc1ccc(F)c(COCCC2CCC2)c1. The predicted octanol–water partition coefficient (Wildman–Crippen LogP) is 3.25. The lowest BCUT2D eigenvalue weighted by atomic mass is 9.83. The van der Waals surface area contributed by atoms with Gasteiger partial charge in [0.15, 0.2) is 0 Å². The molecule has 2 rings (SSSR count). The number of ether oxygens (including phenoxy) is 1. The number of benzene rings is 1. The molecule has 0 unspecified atom stereocenters. The zero-order valence-corrected chi connectivity index (χ0v) is 11.0. The van der Waals surface area contributed by atoms with Crippen LogP contribution < -0.4 is 5.32 Å². The van der Waals surface area contributed by atoms with Crippen LogP contribution >= 0.6 is 0 Å². The topological polar surface area (TPSA) is 21.3 Å². The van der Waals surface area contributed by atoms with Crippen molar-refractivity contribution in [3.8, 4) is 0 Å². The van der Waals surface area contributed by atoms with Crippen LogP contribution in [0.2, 0.25) is 0 Å². The molecule has 1 aromatic carbocycles. The maximum absolute atomic E-state index is 13.6. The first-order valence-electron chi connectivity index (χ1n) is 6.79. The van der Waals surface area contributed by atoms with E-state index in [9.17, 15) is 4.39 Å². The summed E-state index contributed by atoms with van der Waals surface area (Å²) in [5, 5.41) is 3.06. The summed E-state index contributed by atoms with van der Waals surface area (Å²) in [4.78, 5) is 0. The first kappa shape index (κ1) is 13.5. The first-order valence-corrected chi connectivity index (χ1v) is 6.79. The molecule has 3 heteroatoms. The minimum absolute atomic E-state index is 0.168. The molecule has 100 valence electrons. The van der Waals surface area contributed by atoms with Gasteiger partial charge < -0.3 is 10.1 Å². The maximum Gasteiger partial charge on any atom is 0.128 e. The third kappa shape index (κ3) is 3.79. The molecule has 0 radical (unpaired) electrons. The van der Waals surface area contributed by atoms with Crippen LogP contribution in [0.3, 0.4) is 0 Å². The van der Waals surface area contributed by atoms with Crippen LogP contribution in [0.5, 0.6) is 0 Å². The van der Waals surface area contributed by atoms with Gasteiger partial charge in [0.2, 0.25) is 0 Å².